The second-order valence-electron chi connectivity index (χ2n) is 6.08. The number of carbonyl (C=O) groups excluding carboxylic acids is 2. The summed E-state index contributed by atoms with van der Waals surface area (Å²) in [4.78, 5) is 30.3. The smallest absolute Gasteiger partial charge is 0.387 e. The molecule has 1 fully saturated rings. The van der Waals surface area contributed by atoms with Crippen LogP contribution in [0, 0.1) is 0 Å². The molecular weight excluding hydrogens is 360 g/mol. The van der Waals surface area contributed by atoms with Crippen LogP contribution in [0.15, 0.2) is 30.6 Å². The Morgan fingerprint density at radius 1 is 1.30 bits per heavy atom. The van der Waals surface area contributed by atoms with Crippen LogP contribution in [0.4, 0.5) is 8.78 Å². The van der Waals surface area contributed by atoms with Crippen molar-refractivity contribution >= 4 is 11.8 Å². The Bertz CT molecular complexity index is 777. The van der Waals surface area contributed by atoms with Gasteiger partial charge in [0.05, 0.1) is 12.1 Å². The average molecular weight is 379 g/mol. The molecule has 1 saturated heterocycles. The summed E-state index contributed by atoms with van der Waals surface area (Å²) in [6.45, 7) is -2.16. The van der Waals surface area contributed by atoms with Crippen LogP contribution in [0.2, 0.25) is 0 Å². The number of aromatic nitrogens is 3. The minimum atomic E-state index is -3.04. The Kier molecular flexibility index (Phi) is 5.94. The van der Waals surface area contributed by atoms with Crippen molar-refractivity contribution in [1.29, 1.82) is 0 Å². The van der Waals surface area contributed by atoms with Gasteiger partial charge in [-0.15, -0.1) is 0 Å². The predicted molar refractivity (Wildman–Crippen MR) is 90.3 cm³/mol. The number of carbonyl (C=O) groups is 2. The van der Waals surface area contributed by atoms with Gasteiger partial charge in [-0.2, -0.15) is 13.9 Å². The van der Waals surface area contributed by atoms with Gasteiger partial charge in [0.25, 0.3) is 5.91 Å². The van der Waals surface area contributed by atoms with Crippen molar-refractivity contribution in [3.05, 3.63) is 42.0 Å². The molecule has 2 heterocycles. The van der Waals surface area contributed by atoms with Crippen molar-refractivity contribution < 1.29 is 23.1 Å². The number of alkyl halides is 2. The van der Waals surface area contributed by atoms with Crippen molar-refractivity contribution in [2.24, 2.45) is 0 Å². The maximum absolute atomic E-state index is 12.4. The van der Waals surface area contributed by atoms with Crippen LogP contribution in [-0.4, -0.2) is 58.1 Å². The van der Waals surface area contributed by atoms with Crippen molar-refractivity contribution in [3.63, 3.8) is 0 Å². The molecule has 0 atom stereocenters. The molecule has 2 aromatic rings. The SMILES string of the molecule is O=C(NCC(=O)N1CCC(c2ncn[nH]2)CC1)c1ccccc1OC(F)F. The number of piperidine rings is 1. The van der Waals surface area contributed by atoms with E-state index in [1.54, 1.807) is 4.90 Å². The maximum atomic E-state index is 12.4. The van der Waals surface area contributed by atoms with Crippen LogP contribution in [-0.2, 0) is 4.79 Å². The van der Waals surface area contributed by atoms with Crippen LogP contribution < -0.4 is 10.1 Å². The van der Waals surface area contributed by atoms with E-state index in [-0.39, 0.29) is 29.7 Å². The van der Waals surface area contributed by atoms with E-state index in [9.17, 15) is 18.4 Å². The number of hydrogen-bond acceptors (Lipinski definition) is 5. The summed E-state index contributed by atoms with van der Waals surface area (Å²) in [7, 11) is 0. The molecule has 27 heavy (non-hydrogen) atoms. The third kappa shape index (κ3) is 4.78. The number of halogens is 2. The zero-order valence-corrected chi connectivity index (χ0v) is 14.4. The van der Waals surface area contributed by atoms with Crippen LogP contribution in [0.5, 0.6) is 5.75 Å². The number of aromatic amines is 1. The lowest BCUT2D eigenvalue weighted by Crippen LogP contribution is -2.43. The first-order valence-electron chi connectivity index (χ1n) is 8.49. The standard InChI is InChI=1S/C17H19F2N5O3/c18-17(19)27-13-4-2-1-3-12(13)16(26)20-9-14(25)24-7-5-11(6-8-24)15-21-10-22-23-15/h1-4,10-11,17H,5-9H2,(H,20,26)(H,21,22,23). The summed E-state index contributed by atoms with van der Waals surface area (Å²) in [5, 5.41) is 9.14. The highest BCUT2D eigenvalue weighted by Crippen LogP contribution is 2.25. The molecule has 10 heteroatoms. The van der Waals surface area contributed by atoms with E-state index in [1.807, 2.05) is 0 Å². The molecule has 1 aliphatic rings. The molecule has 1 aliphatic heterocycles. The monoisotopic (exact) mass is 379 g/mol. The van der Waals surface area contributed by atoms with Gasteiger partial charge in [0.2, 0.25) is 5.91 Å². The first kappa shape index (κ1) is 18.7. The zero-order chi connectivity index (χ0) is 19.2. The molecule has 0 saturated carbocycles. The fourth-order valence-electron chi connectivity index (χ4n) is 3.03. The highest BCUT2D eigenvalue weighted by molar-refractivity contribution is 5.98. The third-order valence-electron chi connectivity index (χ3n) is 4.42. The Morgan fingerprint density at radius 3 is 2.70 bits per heavy atom. The normalized spacial score (nSPS) is 15.0. The number of para-hydroxylation sites is 1. The van der Waals surface area contributed by atoms with Gasteiger partial charge in [0.15, 0.2) is 0 Å². The van der Waals surface area contributed by atoms with E-state index in [4.69, 9.17) is 0 Å². The molecule has 3 rings (SSSR count). The summed E-state index contributed by atoms with van der Waals surface area (Å²) in [5.41, 5.74) is -0.0466. The number of benzene rings is 1. The van der Waals surface area contributed by atoms with E-state index in [0.717, 1.165) is 18.7 Å². The summed E-state index contributed by atoms with van der Waals surface area (Å²) in [6.07, 6.45) is 2.96. The minimum Gasteiger partial charge on any atom is -0.434 e. The fourth-order valence-corrected chi connectivity index (χ4v) is 3.03. The summed E-state index contributed by atoms with van der Waals surface area (Å²) >= 11 is 0. The van der Waals surface area contributed by atoms with E-state index in [1.165, 1.54) is 30.6 Å². The molecular formula is C17H19F2N5O3. The number of amides is 2. The highest BCUT2D eigenvalue weighted by atomic mass is 19.3. The van der Waals surface area contributed by atoms with Crippen LogP contribution in [0.1, 0.15) is 34.9 Å². The first-order chi connectivity index (χ1) is 13.0. The molecule has 0 radical (unpaired) electrons. The predicted octanol–water partition coefficient (Wildman–Crippen LogP) is 1.54. The minimum absolute atomic E-state index is 0.0466. The van der Waals surface area contributed by atoms with Gasteiger partial charge in [-0.25, -0.2) is 4.98 Å². The largest absolute Gasteiger partial charge is 0.434 e. The summed E-state index contributed by atoms with van der Waals surface area (Å²) < 4.78 is 29.2. The molecule has 144 valence electrons. The number of nitrogens with one attached hydrogen (secondary N) is 2. The topological polar surface area (TPSA) is 100 Å². The number of nitrogens with zero attached hydrogens (tertiary/aromatic N) is 3. The van der Waals surface area contributed by atoms with Crippen LogP contribution in [0.25, 0.3) is 0 Å². The molecule has 0 unspecified atom stereocenters. The van der Waals surface area contributed by atoms with Crippen molar-refractivity contribution in [3.8, 4) is 5.75 Å². The Balaban J connectivity index is 1.50. The van der Waals surface area contributed by atoms with Gasteiger partial charge >= 0.3 is 6.61 Å². The fraction of sp³-hybridized carbons (Fsp3) is 0.412. The van der Waals surface area contributed by atoms with Gasteiger partial charge < -0.3 is 15.0 Å². The van der Waals surface area contributed by atoms with Gasteiger partial charge in [-0.05, 0) is 25.0 Å². The molecule has 8 nitrogen and oxygen atoms in total. The summed E-state index contributed by atoms with van der Waals surface area (Å²) in [6, 6.07) is 5.65. The van der Waals surface area contributed by atoms with E-state index in [2.05, 4.69) is 25.2 Å². The van der Waals surface area contributed by atoms with Crippen molar-refractivity contribution in [2.45, 2.75) is 25.4 Å². The van der Waals surface area contributed by atoms with E-state index < -0.39 is 12.5 Å². The second-order valence-corrected chi connectivity index (χ2v) is 6.08. The number of rotatable bonds is 6. The number of H-pyrrole nitrogens is 1. The maximum Gasteiger partial charge on any atom is 0.387 e. The van der Waals surface area contributed by atoms with Gasteiger partial charge in [0.1, 0.15) is 17.9 Å². The molecule has 2 N–H and O–H groups in total. The molecule has 0 bridgehead atoms. The Hall–Kier alpha value is -3.04. The lowest BCUT2D eigenvalue weighted by molar-refractivity contribution is -0.131. The second kappa shape index (κ2) is 8.56. The lowest BCUT2D eigenvalue weighted by Gasteiger charge is -2.31. The third-order valence-corrected chi connectivity index (χ3v) is 4.42. The van der Waals surface area contributed by atoms with Gasteiger partial charge in [-0.1, -0.05) is 12.1 Å². The molecule has 1 aromatic heterocycles. The van der Waals surface area contributed by atoms with Crippen LogP contribution >= 0.6 is 0 Å². The molecule has 0 aliphatic carbocycles. The Morgan fingerprint density at radius 2 is 2.04 bits per heavy atom. The van der Waals surface area contributed by atoms with Crippen molar-refractivity contribution in [2.75, 3.05) is 19.6 Å². The number of likely N-dealkylation sites (tertiary alicyclic amines) is 1. The molecule has 2 amide bonds. The summed E-state index contributed by atoms with van der Waals surface area (Å²) in [5.74, 6) is -0.0661. The van der Waals surface area contributed by atoms with E-state index in [0.29, 0.717) is 13.1 Å². The van der Waals surface area contributed by atoms with Gasteiger partial charge in [0, 0.05) is 19.0 Å². The molecule has 0 spiro atoms. The number of ether oxygens (including phenoxy) is 1. The molecule has 1 aromatic carbocycles. The van der Waals surface area contributed by atoms with E-state index >= 15 is 0 Å². The first-order valence-corrected chi connectivity index (χ1v) is 8.49. The van der Waals surface area contributed by atoms with Crippen molar-refractivity contribution in [1.82, 2.24) is 25.4 Å². The number of hydrogen-bond donors (Lipinski definition) is 2. The van der Waals surface area contributed by atoms with Gasteiger partial charge in [-0.3, -0.25) is 14.7 Å². The zero-order valence-electron chi connectivity index (χ0n) is 14.4. The Labute approximate surface area is 153 Å². The highest BCUT2D eigenvalue weighted by Gasteiger charge is 2.25. The lowest BCUT2D eigenvalue weighted by atomic mass is 9.96. The quantitative estimate of drug-likeness (QED) is 0.793. The van der Waals surface area contributed by atoms with Crippen LogP contribution in [0.3, 0.4) is 0 Å². The average Bonchev–Trinajstić information content (AvgIpc) is 3.21.